The van der Waals surface area contributed by atoms with Gasteiger partial charge in [0, 0.05) is 18.3 Å². The van der Waals surface area contributed by atoms with E-state index in [0.717, 1.165) is 24.1 Å². The number of anilines is 1. The summed E-state index contributed by atoms with van der Waals surface area (Å²) >= 11 is 7.47. The molecule has 1 heterocycles. The highest BCUT2D eigenvalue weighted by molar-refractivity contribution is 7.12. The first-order valence-electron chi connectivity index (χ1n) is 6.53. The first-order chi connectivity index (χ1) is 9.65. The van der Waals surface area contributed by atoms with Gasteiger partial charge in [-0.25, -0.2) is 0 Å². The van der Waals surface area contributed by atoms with Crippen LogP contribution in [0.15, 0.2) is 35.7 Å². The van der Waals surface area contributed by atoms with Gasteiger partial charge in [0.2, 0.25) is 0 Å². The Labute approximate surface area is 127 Å². The molecule has 1 aliphatic rings. The number of rotatable bonds is 4. The predicted molar refractivity (Wildman–Crippen MR) is 83.1 cm³/mol. The van der Waals surface area contributed by atoms with Crippen LogP contribution < -0.4 is 5.73 Å². The molecule has 0 aliphatic heterocycles. The minimum atomic E-state index is 0.0231. The molecule has 0 bridgehead atoms. The van der Waals surface area contributed by atoms with Crippen LogP contribution in [0, 0.1) is 0 Å². The standard InChI is InChI=1S/C15H15ClN2OS/c16-13-6-7-20-14(13)15(19)18(12-4-5-12)9-10-2-1-3-11(17)8-10/h1-3,6-8,12H,4-5,9,17H2. The van der Waals surface area contributed by atoms with Crippen molar-refractivity contribution in [2.75, 3.05) is 5.73 Å². The number of halogens is 1. The van der Waals surface area contributed by atoms with Gasteiger partial charge < -0.3 is 10.6 Å². The monoisotopic (exact) mass is 306 g/mol. The van der Waals surface area contributed by atoms with E-state index in [1.165, 1.54) is 11.3 Å². The molecule has 0 unspecified atom stereocenters. The first-order valence-corrected chi connectivity index (χ1v) is 7.79. The van der Waals surface area contributed by atoms with Gasteiger partial charge in [-0.15, -0.1) is 11.3 Å². The van der Waals surface area contributed by atoms with Crippen molar-refractivity contribution >= 4 is 34.5 Å². The second-order valence-electron chi connectivity index (χ2n) is 5.01. The number of nitrogens with two attached hydrogens (primary N) is 1. The van der Waals surface area contributed by atoms with E-state index in [1.54, 1.807) is 6.07 Å². The molecule has 20 heavy (non-hydrogen) atoms. The van der Waals surface area contributed by atoms with Gasteiger partial charge in [-0.1, -0.05) is 23.7 Å². The van der Waals surface area contributed by atoms with E-state index in [0.29, 0.717) is 22.5 Å². The second kappa shape index (κ2) is 5.46. The van der Waals surface area contributed by atoms with Crippen molar-refractivity contribution in [2.24, 2.45) is 0 Å². The molecule has 1 fully saturated rings. The molecule has 5 heteroatoms. The van der Waals surface area contributed by atoms with Crippen molar-refractivity contribution < 1.29 is 4.79 Å². The number of nitrogens with zero attached hydrogens (tertiary/aromatic N) is 1. The number of thiophene rings is 1. The zero-order valence-corrected chi connectivity index (χ0v) is 12.5. The van der Waals surface area contributed by atoms with E-state index in [-0.39, 0.29) is 5.91 Å². The SMILES string of the molecule is Nc1cccc(CN(C(=O)c2sccc2Cl)C2CC2)c1. The number of benzene rings is 1. The average molecular weight is 307 g/mol. The molecule has 1 saturated carbocycles. The summed E-state index contributed by atoms with van der Waals surface area (Å²) in [6.45, 7) is 0.586. The van der Waals surface area contributed by atoms with Crippen LogP contribution in [0.1, 0.15) is 28.1 Å². The molecule has 1 aliphatic carbocycles. The fourth-order valence-corrected chi connectivity index (χ4v) is 3.31. The van der Waals surface area contributed by atoms with E-state index in [2.05, 4.69) is 0 Å². The van der Waals surface area contributed by atoms with E-state index >= 15 is 0 Å². The fourth-order valence-electron chi connectivity index (χ4n) is 2.22. The van der Waals surface area contributed by atoms with Gasteiger partial charge >= 0.3 is 0 Å². The molecule has 1 aromatic carbocycles. The van der Waals surface area contributed by atoms with Crippen LogP contribution in [-0.2, 0) is 6.54 Å². The summed E-state index contributed by atoms with van der Waals surface area (Å²) in [6, 6.07) is 9.78. The van der Waals surface area contributed by atoms with Crippen LogP contribution in [0.5, 0.6) is 0 Å². The van der Waals surface area contributed by atoms with Crippen LogP contribution in [0.25, 0.3) is 0 Å². The third kappa shape index (κ3) is 2.81. The first kappa shape index (κ1) is 13.5. The Balaban J connectivity index is 1.83. The summed E-state index contributed by atoms with van der Waals surface area (Å²) in [5.74, 6) is 0.0231. The number of hydrogen-bond acceptors (Lipinski definition) is 3. The number of hydrogen-bond donors (Lipinski definition) is 1. The molecule has 0 saturated heterocycles. The molecule has 2 N–H and O–H groups in total. The topological polar surface area (TPSA) is 46.3 Å². The van der Waals surface area contributed by atoms with Gasteiger partial charge in [-0.3, -0.25) is 4.79 Å². The molecule has 104 valence electrons. The van der Waals surface area contributed by atoms with Gasteiger partial charge in [-0.05, 0) is 42.0 Å². The highest BCUT2D eigenvalue weighted by Crippen LogP contribution is 2.32. The average Bonchev–Trinajstić information content (AvgIpc) is 3.17. The van der Waals surface area contributed by atoms with Gasteiger partial charge in [0.05, 0.1) is 5.02 Å². The predicted octanol–water partition coefficient (Wildman–Crippen LogP) is 3.79. The molecule has 0 spiro atoms. The zero-order chi connectivity index (χ0) is 14.1. The molecule has 2 aromatic rings. The minimum Gasteiger partial charge on any atom is -0.399 e. The molecule has 0 radical (unpaired) electrons. The lowest BCUT2D eigenvalue weighted by Crippen LogP contribution is -2.32. The summed E-state index contributed by atoms with van der Waals surface area (Å²) in [5.41, 5.74) is 7.57. The highest BCUT2D eigenvalue weighted by atomic mass is 35.5. The van der Waals surface area contributed by atoms with Gasteiger partial charge in [0.1, 0.15) is 4.88 Å². The number of nitrogen functional groups attached to an aromatic ring is 1. The van der Waals surface area contributed by atoms with E-state index in [9.17, 15) is 4.79 Å². The smallest absolute Gasteiger partial charge is 0.266 e. The summed E-state index contributed by atoms with van der Waals surface area (Å²) in [5, 5.41) is 2.39. The van der Waals surface area contributed by atoms with Crippen molar-refractivity contribution in [3.8, 4) is 0 Å². The zero-order valence-electron chi connectivity index (χ0n) is 10.9. The van der Waals surface area contributed by atoms with Gasteiger partial charge in [-0.2, -0.15) is 0 Å². The Bertz CT molecular complexity index is 636. The third-order valence-corrected chi connectivity index (χ3v) is 4.69. The largest absolute Gasteiger partial charge is 0.399 e. The van der Waals surface area contributed by atoms with E-state index in [1.807, 2.05) is 34.5 Å². The van der Waals surface area contributed by atoms with Crippen molar-refractivity contribution in [3.05, 3.63) is 51.2 Å². The van der Waals surface area contributed by atoms with Crippen LogP contribution in [-0.4, -0.2) is 16.8 Å². The molecule has 0 atom stereocenters. The molecule has 1 aromatic heterocycles. The maximum absolute atomic E-state index is 12.6. The van der Waals surface area contributed by atoms with Crippen LogP contribution in [0.3, 0.4) is 0 Å². The lowest BCUT2D eigenvalue weighted by Gasteiger charge is -2.22. The van der Waals surface area contributed by atoms with Crippen LogP contribution >= 0.6 is 22.9 Å². The van der Waals surface area contributed by atoms with Crippen molar-refractivity contribution in [3.63, 3.8) is 0 Å². The van der Waals surface area contributed by atoms with Crippen molar-refractivity contribution in [2.45, 2.75) is 25.4 Å². The van der Waals surface area contributed by atoms with Gasteiger partial charge in [0.15, 0.2) is 0 Å². The van der Waals surface area contributed by atoms with E-state index in [4.69, 9.17) is 17.3 Å². The summed E-state index contributed by atoms with van der Waals surface area (Å²) in [4.78, 5) is 15.2. The Morgan fingerprint density at radius 2 is 2.20 bits per heavy atom. The Morgan fingerprint density at radius 3 is 2.80 bits per heavy atom. The molecule has 1 amide bonds. The number of carbonyl (C=O) groups excluding carboxylic acids is 1. The maximum Gasteiger partial charge on any atom is 0.266 e. The van der Waals surface area contributed by atoms with Crippen LogP contribution in [0.4, 0.5) is 5.69 Å². The number of carbonyl (C=O) groups is 1. The third-order valence-electron chi connectivity index (χ3n) is 3.36. The molecule has 3 nitrogen and oxygen atoms in total. The maximum atomic E-state index is 12.6. The second-order valence-corrected chi connectivity index (χ2v) is 6.33. The van der Waals surface area contributed by atoms with Crippen molar-refractivity contribution in [1.29, 1.82) is 0 Å². The van der Waals surface area contributed by atoms with E-state index < -0.39 is 0 Å². The Kier molecular flexibility index (Phi) is 3.68. The molecule has 3 rings (SSSR count). The van der Waals surface area contributed by atoms with Crippen LogP contribution in [0.2, 0.25) is 5.02 Å². The Morgan fingerprint density at radius 1 is 1.40 bits per heavy atom. The number of amides is 1. The normalized spacial score (nSPS) is 14.2. The fraction of sp³-hybridized carbons (Fsp3) is 0.267. The van der Waals surface area contributed by atoms with Crippen molar-refractivity contribution in [1.82, 2.24) is 4.90 Å². The lowest BCUT2D eigenvalue weighted by atomic mass is 10.2. The van der Waals surface area contributed by atoms with Gasteiger partial charge in [0.25, 0.3) is 5.91 Å². The Hall–Kier alpha value is -1.52. The quantitative estimate of drug-likeness (QED) is 0.874. The lowest BCUT2D eigenvalue weighted by molar-refractivity contribution is 0.0735. The summed E-state index contributed by atoms with van der Waals surface area (Å²) < 4.78 is 0. The molecular weight excluding hydrogens is 292 g/mol. The molecular formula is C15H15ClN2OS. The highest BCUT2D eigenvalue weighted by Gasteiger charge is 2.34. The minimum absolute atomic E-state index is 0.0231. The summed E-state index contributed by atoms with van der Waals surface area (Å²) in [6.07, 6.45) is 2.13. The summed E-state index contributed by atoms with van der Waals surface area (Å²) in [7, 11) is 0.